The number of nitrogens with one attached hydrogen (secondary N) is 3. The average Bonchev–Trinajstić information content (AvgIpc) is 3.37. The fourth-order valence-corrected chi connectivity index (χ4v) is 5.54. The van der Waals surface area contributed by atoms with Crippen LogP contribution in [0.4, 0.5) is 16.2 Å². The quantitative estimate of drug-likeness (QED) is 0.437. The molecular formula is C29H25ClN4O6. The first kappa shape index (κ1) is 25.7. The summed E-state index contributed by atoms with van der Waals surface area (Å²) < 4.78 is 11.2. The fraction of sp³-hybridized carbons (Fsp3) is 0.241. The normalized spacial score (nSPS) is 19.9. The van der Waals surface area contributed by atoms with Crippen LogP contribution in [0.25, 0.3) is 0 Å². The van der Waals surface area contributed by atoms with Gasteiger partial charge >= 0.3 is 6.09 Å². The predicted molar refractivity (Wildman–Crippen MR) is 146 cm³/mol. The summed E-state index contributed by atoms with van der Waals surface area (Å²) in [4.78, 5) is 52.8. The monoisotopic (exact) mass is 560 g/mol. The lowest BCUT2D eigenvalue weighted by Crippen LogP contribution is -2.50. The Labute approximate surface area is 234 Å². The molecule has 1 spiro atoms. The number of hydrogen-bond acceptors (Lipinski definition) is 6. The van der Waals surface area contributed by atoms with Gasteiger partial charge in [-0.15, -0.1) is 0 Å². The Balaban J connectivity index is 1.25. The topological polar surface area (TPSA) is 126 Å². The summed E-state index contributed by atoms with van der Waals surface area (Å²) >= 11 is 6.26. The largest absolute Gasteiger partial charge is 0.482 e. The molecule has 3 N–H and O–H groups in total. The zero-order valence-electron chi connectivity index (χ0n) is 21.2. The molecule has 3 aliphatic rings. The second-order valence-electron chi connectivity index (χ2n) is 9.97. The van der Waals surface area contributed by atoms with Crippen molar-refractivity contribution in [2.24, 2.45) is 0 Å². The number of anilines is 2. The molecular weight excluding hydrogens is 536 g/mol. The van der Waals surface area contributed by atoms with E-state index in [-0.39, 0.29) is 37.0 Å². The van der Waals surface area contributed by atoms with Crippen LogP contribution in [-0.2, 0) is 26.3 Å². The van der Waals surface area contributed by atoms with Crippen LogP contribution in [0.5, 0.6) is 5.75 Å². The Bertz CT molecular complexity index is 1530. The summed E-state index contributed by atoms with van der Waals surface area (Å²) in [7, 11) is 0. The van der Waals surface area contributed by atoms with E-state index in [9.17, 15) is 19.2 Å². The molecule has 10 nitrogen and oxygen atoms in total. The summed E-state index contributed by atoms with van der Waals surface area (Å²) in [5, 5.41) is 8.76. The number of likely N-dealkylation sites (tertiary alicyclic amines) is 1. The van der Waals surface area contributed by atoms with Crippen molar-refractivity contribution in [2.75, 3.05) is 30.3 Å². The third kappa shape index (κ3) is 4.93. The summed E-state index contributed by atoms with van der Waals surface area (Å²) in [5.74, 6) is -0.652. The molecule has 0 saturated carbocycles. The zero-order chi connectivity index (χ0) is 27.9. The van der Waals surface area contributed by atoms with Crippen molar-refractivity contribution in [1.82, 2.24) is 10.2 Å². The highest BCUT2D eigenvalue weighted by atomic mass is 35.5. The number of carbonyl (C=O) groups excluding carboxylic acids is 4. The smallest absolute Gasteiger partial charge is 0.412 e. The van der Waals surface area contributed by atoms with Gasteiger partial charge in [-0.3, -0.25) is 19.7 Å². The standard InChI is InChI=1S/C29H25ClN4O6/c30-19-7-9-21-20(14-19)29(40-28(38)33-21)10-11-34(16-29)27(37)23(12-17-4-2-1-3-5-17)32-26(36)18-6-8-22-24(13-18)39-15-25(35)31-22/h1-9,13-14,23H,10-12,15-16H2,(H,31,35)(H,32,36)(H,33,38)/t23-,29?/m0/s1. The molecule has 3 heterocycles. The van der Waals surface area contributed by atoms with Crippen LogP contribution in [0, 0.1) is 0 Å². The van der Waals surface area contributed by atoms with Gasteiger partial charge in [0, 0.05) is 35.5 Å². The minimum atomic E-state index is -1.04. The maximum absolute atomic E-state index is 13.9. The minimum absolute atomic E-state index is 0.125. The highest BCUT2D eigenvalue weighted by Gasteiger charge is 2.49. The summed E-state index contributed by atoms with van der Waals surface area (Å²) in [6.45, 7) is 0.310. The Morgan fingerprint density at radius 3 is 2.65 bits per heavy atom. The van der Waals surface area contributed by atoms with E-state index in [1.165, 1.54) is 6.07 Å². The van der Waals surface area contributed by atoms with Crippen molar-refractivity contribution in [2.45, 2.75) is 24.5 Å². The lowest BCUT2D eigenvalue weighted by atomic mass is 9.90. The van der Waals surface area contributed by atoms with Gasteiger partial charge in [-0.2, -0.15) is 0 Å². The molecule has 4 amide bonds. The Hall–Kier alpha value is -4.57. The van der Waals surface area contributed by atoms with Crippen molar-refractivity contribution in [3.63, 3.8) is 0 Å². The van der Waals surface area contributed by atoms with Gasteiger partial charge in [0.1, 0.15) is 11.8 Å². The minimum Gasteiger partial charge on any atom is -0.482 e. The Morgan fingerprint density at radius 2 is 1.82 bits per heavy atom. The highest BCUT2D eigenvalue weighted by Crippen LogP contribution is 2.44. The van der Waals surface area contributed by atoms with Crippen LogP contribution in [0.3, 0.4) is 0 Å². The number of fused-ring (bicyclic) bond motifs is 3. The maximum Gasteiger partial charge on any atom is 0.412 e. The van der Waals surface area contributed by atoms with E-state index in [1.807, 2.05) is 30.3 Å². The van der Waals surface area contributed by atoms with Crippen molar-refractivity contribution >= 4 is 46.8 Å². The number of ether oxygens (including phenoxy) is 2. The van der Waals surface area contributed by atoms with Gasteiger partial charge < -0.3 is 25.0 Å². The molecule has 11 heteroatoms. The zero-order valence-corrected chi connectivity index (χ0v) is 22.0. The lowest BCUT2D eigenvalue weighted by molar-refractivity contribution is -0.133. The van der Waals surface area contributed by atoms with Crippen LogP contribution in [0.2, 0.25) is 5.02 Å². The van der Waals surface area contributed by atoms with Gasteiger partial charge in [-0.05, 0) is 42.0 Å². The number of nitrogens with zero attached hydrogens (tertiary/aromatic N) is 1. The molecule has 1 saturated heterocycles. The van der Waals surface area contributed by atoms with Crippen molar-refractivity contribution in [3.8, 4) is 5.75 Å². The van der Waals surface area contributed by atoms with Crippen molar-refractivity contribution < 1.29 is 28.7 Å². The van der Waals surface area contributed by atoms with Gasteiger partial charge in [0.05, 0.1) is 17.9 Å². The molecule has 204 valence electrons. The van der Waals surface area contributed by atoms with E-state index < -0.39 is 23.6 Å². The number of amides is 4. The molecule has 1 fully saturated rings. The Morgan fingerprint density at radius 1 is 1.02 bits per heavy atom. The molecule has 6 rings (SSSR count). The first-order valence-corrected chi connectivity index (χ1v) is 13.2. The first-order valence-electron chi connectivity index (χ1n) is 12.8. The summed E-state index contributed by atoms with van der Waals surface area (Å²) in [6, 6.07) is 18.3. The van der Waals surface area contributed by atoms with Gasteiger partial charge in [0.25, 0.3) is 11.8 Å². The van der Waals surface area contributed by atoms with Crippen LogP contribution in [0.15, 0.2) is 66.7 Å². The van der Waals surface area contributed by atoms with Gasteiger partial charge in [-0.1, -0.05) is 41.9 Å². The van der Waals surface area contributed by atoms with Crippen LogP contribution in [-0.4, -0.2) is 54.5 Å². The highest BCUT2D eigenvalue weighted by molar-refractivity contribution is 6.30. The molecule has 3 aliphatic heterocycles. The maximum atomic E-state index is 13.9. The van der Waals surface area contributed by atoms with E-state index in [0.717, 1.165) is 5.56 Å². The third-order valence-electron chi connectivity index (χ3n) is 7.30. The van der Waals surface area contributed by atoms with Crippen LogP contribution in [0.1, 0.15) is 27.9 Å². The number of carbonyl (C=O) groups is 4. The molecule has 40 heavy (non-hydrogen) atoms. The van der Waals surface area contributed by atoms with Gasteiger partial charge in [0.15, 0.2) is 12.2 Å². The fourth-order valence-electron chi connectivity index (χ4n) is 5.37. The van der Waals surface area contributed by atoms with E-state index in [1.54, 1.807) is 35.2 Å². The molecule has 0 radical (unpaired) electrons. The first-order chi connectivity index (χ1) is 19.3. The third-order valence-corrected chi connectivity index (χ3v) is 7.54. The number of rotatable bonds is 5. The van der Waals surface area contributed by atoms with Crippen molar-refractivity contribution in [3.05, 3.63) is 88.4 Å². The molecule has 3 aromatic carbocycles. The second kappa shape index (κ2) is 10.2. The molecule has 0 bridgehead atoms. The molecule has 2 atom stereocenters. The molecule has 3 aromatic rings. The van der Waals surface area contributed by atoms with E-state index in [4.69, 9.17) is 21.1 Å². The molecule has 0 aliphatic carbocycles. The van der Waals surface area contributed by atoms with E-state index in [0.29, 0.717) is 40.7 Å². The molecule has 1 unspecified atom stereocenters. The number of halogens is 1. The van der Waals surface area contributed by atoms with E-state index >= 15 is 0 Å². The second-order valence-corrected chi connectivity index (χ2v) is 10.4. The SMILES string of the molecule is O=C1COc2cc(C(=O)N[C@@H](Cc3ccccc3)C(=O)N3CCC4(C3)OC(=O)Nc3ccc(Cl)cc34)ccc2N1. The van der Waals surface area contributed by atoms with Crippen LogP contribution >= 0.6 is 11.6 Å². The van der Waals surface area contributed by atoms with Gasteiger partial charge in [0.2, 0.25) is 5.91 Å². The van der Waals surface area contributed by atoms with Crippen LogP contribution < -0.4 is 20.7 Å². The predicted octanol–water partition coefficient (Wildman–Crippen LogP) is 3.70. The lowest BCUT2D eigenvalue weighted by Gasteiger charge is -2.35. The summed E-state index contributed by atoms with van der Waals surface area (Å²) in [5.41, 5.74) is 1.89. The van der Waals surface area contributed by atoms with Crippen molar-refractivity contribution in [1.29, 1.82) is 0 Å². The average molecular weight is 561 g/mol. The summed E-state index contributed by atoms with van der Waals surface area (Å²) in [6.07, 6.45) is 0.0549. The number of hydrogen-bond donors (Lipinski definition) is 3. The molecule has 0 aromatic heterocycles. The van der Waals surface area contributed by atoms with E-state index in [2.05, 4.69) is 16.0 Å². The Kier molecular flexibility index (Phi) is 6.55. The van der Waals surface area contributed by atoms with Gasteiger partial charge in [-0.25, -0.2) is 4.79 Å². The number of benzene rings is 3.